The first-order chi connectivity index (χ1) is 10.1. The second kappa shape index (κ2) is 4.97. The predicted molar refractivity (Wildman–Crippen MR) is 78.4 cm³/mol. The summed E-state index contributed by atoms with van der Waals surface area (Å²) >= 11 is 0. The molecule has 0 atom stereocenters. The van der Waals surface area contributed by atoms with Gasteiger partial charge in [-0.25, -0.2) is 4.39 Å². The Kier molecular flexibility index (Phi) is 3.13. The highest BCUT2D eigenvalue weighted by Gasteiger charge is 2.13. The molecule has 6 heteroatoms. The molecular formula is C15H14FN5. The standard InChI is InChI=1S/C15H14FN5/c1-9-7-11(17)3-5-13(9)15-18-19-20-21(15)12-4-6-14(16)10(2)8-12/h3-8H,17H2,1-2H3. The van der Waals surface area contributed by atoms with Gasteiger partial charge in [0.25, 0.3) is 0 Å². The van der Waals surface area contributed by atoms with Gasteiger partial charge in [0.1, 0.15) is 5.82 Å². The highest BCUT2D eigenvalue weighted by Crippen LogP contribution is 2.25. The number of nitrogen functional groups attached to an aromatic ring is 1. The molecule has 0 saturated heterocycles. The molecule has 0 aliphatic heterocycles. The van der Waals surface area contributed by atoms with Gasteiger partial charge in [0, 0.05) is 11.3 Å². The molecule has 1 heterocycles. The van der Waals surface area contributed by atoms with Gasteiger partial charge in [-0.2, -0.15) is 4.68 Å². The Bertz CT molecular complexity index is 810. The van der Waals surface area contributed by atoms with Crippen molar-refractivity contribution in [2.75, 3.05) is 5.73 Å². The summed E-state index contributed by atoms with van der Waals surface area (Å²) in [5.41, 5.74) is 9.57. The fourth-order valence-corrected chi connectivity index (χ4v) is 2.23. The van der Waals surface area contributed by atoms with Crippen molar-refractivity contribution in [1.29, 1.82) is 0 Å². The van der Waals surface area contributed by atoms with Crippen LogP contribution >= 0.6 is 0 Å². The molecule has 2 N–H and O–H groups in total. The lowest BCUT2D eigenvalue weighted by molar-refractivity contribution is 0.617. The van der Waals surface area contributed by atoms with Crippen LogP contribution in [-0.2, 0) is 0 Å². The number of halogens is 1. The fraction of sp³-hybridized carbons (Fsp3) is 0.133. The molecule has 0 radical (unpaired) electrons. The van der Waals surface area contributed by atoms with Crippen LogP contribution in [0.3, 0.4) is 0 Å². The van der Waals surface area contributed by atoms with E-state index in [9.17, 15) is 4.39 Å². The summed E-state index contributed by atoms with van der Waals surface area (Å²) in [4.78, 5) is 0. The molecule has 0 spiro atoms. The predicted octanol–water partition coefficient (Wildman–Crippen LogP) is 2.67. The Morgan fingerprint density at radius 1 is 1.05 bits per heavy atom. The maximum atomic E-state index is 13.4. The summed E-state index contributed by atoms with van der Waals surface area (Å²) in [5.74, 6) is 0.343. The second-order valence-electron chi connectivity index (χ2n) is 4.92. The molecule has 5 nitrogen and oxygen atoms in total. The summed E-state index contributed by atoms with van der Waals surface area (Å²) < 4.78 is 15.0. The first kappa shape index (κ1) is 13.2. The van der Waals surface area contributed by atoms with Crippen molar-refractivity contribution in [3.63, 3.8) is 0 Å². The number of nitrogens with zero attached hydrogens (tertiary/aromatic N) is 4. The normalized spacial score (nSPS) is 10.8. The van der Waals surface area contributed by atoms with Crippen LogP contribution in [0.25, 0.3) is 17.1 Å². The highest BCUT2D eigenvalue weighted by molar-refractivity contribution is 5.65. The van der Waals surface area contributed by atoms with Crippen LogP contribution in [0.2, 0.25) is 0 Å². The lowest BCUT2D eigenvalue weighted by Crippen LogP contribution is -2.02. The van der Waals surface area contributed by atoms with Gasteiger partial charge in [0.15, 0.2) is 5.82 Å². The molecule has 3 rings (SSSR count). The average molecular weight is 283 g/mol. The Balaban J connectivity index is 2.14. The van der Waals surface area contributed by atoms with Gasteiger partial charge in [0.05, 0.1) is 5.69 Å². The van der Waals surface area contributed by atoms with E-state index in [0.29, 0.717) is 22.8 Å². The van der Waals surface area contributed by atoms with Gasteiger partial charge in [0.2, 0.25) is 0 Å². The molecule has 1 aromatic heterocycles. The number of hydrogen-bond acceptors (Lipinski definition) is 4. The van der Waals surface area contributed by atoms with Crippen LogP contribution < -0.4 is 5.73 Å². The van der Waals surface area contributed by atoms with Crippen LogP contribution in [0.5, 0.6) is 0 Å². The van der Waals surface area contributed by atoms with E-state index in [2.05, 4.69) is 15.5 Å². The quantitative estimate of drug-likeness (QED) is 0.734. The van der Waals surface area contributed by atoms with Crippen molar-refractivity contribution in [1.82, 2.24) is 20.2 Å². The highest BCUT2D eigenvalue weighted by atomic mass is 19.1. The number of nitrogens with two attached hydrogens (primary N) is 1. The number of rotatable bonds is 2. The SMILES string of the molecule is Cc1cc(-n2nnnc2-c2ccc(N)cc2C)ccc1F. The molecule has 0 fully saturated rings. The van der Waals surface area contributed by atoms with Crippen LogP contribution in [0.1, 0.15) is 11.1 Å². The van der Waals surface area contributed by atoms with Gasteiger partial charge >= 0.3 is 0 Å². The third-order valence-corrected chi connectivity index (χ3v) is 3.35. The van der Waals surface area contributed by atoms with Crippen LogP contribution in [-0.4, -0.2) is 20.2 Å². The number of anilines is 1. The minimum absolute atomic E-state index is 0.253. The number of benzene rings is 2. The summed E-state index contributed by atoms with van der Waals surface area (Å²) in [6.45, 7) is 3.65. The van der Waals surface area contributed by atoms with Crippen molar-refractivity contribution in [3.05, 3.63) is 53.3 Å². The molecule has 0 aliphatic carbocycles. The lowest BCUT2D eigenvalue weighted by Gasteiger charge is -2.08. The second-order valence-corrected chi connectivity index (χ2v) is 4.92. The largest absolute Gasteiger partial charge is 0.399 e. The summed E-state index contributed by atoms with van der Waals surface area (Å²) in [6.07, 6.45) is 0. The number of aryl methyl sites for hydroxylation is 2. The molecule has 2 aromatic carbocycles. The van der Waals surface area contributed by atoms with E-state index in [-0.39, 0.29) is 5.82 Å². The first-order valence-corrected chi connectivity index (χ1v) is 6.47. The zero-order valence-electron chi connectivity index (χ0n) is 11.7. The zero-order valence-corrected chi connectivity index (χ0v) is 11.7. The van der Waals surface area contributed by atoms with Gasteiger partial charge in [-0.3, -0.25) is 0 Å². The fourth-order valence-electron chi connectivity index (χ4n) is 2.23. The summed E-state index contributed by atoms with van der Waals surface area (Å²) in [5, 5.41) is 11.8. The first-order valence-electron chi connectivity index (χ1n) is 6.47. The Labute approximate surface area is 121 Å². The van der Waals surface area contributed by atoms with Gasteiger partial charge < -0.3 is 5.73 Å². The summed E-state index contributed by atoms with van der Waals surface area (Å²) in [6, 6.07) is 10.3. The van der Waals surface area contributed by atoms with Crippen LogP contribution in [0, 0.1) is 19.7 Å². The number of tetrazole rings is 1. The molecule has 0 amide bonds. The van der Waals surface area contributed by atoms with Gasteiger partial charge in [-0.05, 0) is 71.8 Å². The minimum atomic E-state index is -0.253. The topological polar surface area (TPSA) is 69.6 Å². The minimum Gasteiger partial charge on any atom is -0.399 e. The van der Waals surface area contributed by atoms with E-state index < -0.39 is 0 Å². The number of hydrogen-bond donors (Lipinski definition) is 1. The maximum Gasteiger partial charge on any atom is 0.187 e. The zero-order chi connectivity index (χ0) is 15.0. The van der Waals surface area contributed by atoms with Crippen molar-refractivity contribution in [3.8, 4) is 17.1 Å². The molecule has 0 aliphatic rings. The third-order valence-electron chi connectivity index (χ3n) is 3.35. The molecule has 21 heavy (non-hydrogen) atoms. The van der Waals surface area contributed by atoms with E-state index >= 15 is 0 Å². The van der Waals surface area contributed by atoms with Gasteiger partial charge in [-0.1, -0.05) is 0 Å². The summed E-state index contributed by atoms with van der Waals surface area (Å²) in [7, 11) is 0. The van der Waals surface area contributed by atoms with E-state index in [1.807, 2.05) is 19.1 Å². The van der Waals surface area contributed by atoms with Crippen molar-refractivity contribution in [2.45, 2.75) is 13.8 Å². The van der Waals surface area contributed by atoms with E-state index in [1.54, 1.807) is 29.8 Å². The molecule has 0 saturated carbocycles. The average Bonchev–Trinajstić information content (AvgIpc) is 2.91. The third kappa shape index (κ3) is 2.35. The Morgan fingerprint density at radius 2 is 1.86 bits per heavy atom. The van der Waals surface area contributed by atoms with E-state index in [1.165, 1.54) is 6.07 Å². The Hall–Kier alpha value is -2.76. The van der Waals surface area contributed by atoms with E-state index in [0.717, 1.165) is 11.1 Å². The smallest absolute Gasteiger partial charge is 0.187 e. The van der Waals surface area contributed by atoms with Crippen molar-refractivity contribution in [2.24, 2.45) is 0 Å². The molecule has 0 bridgehead atoms. The molecule has 0 unspecified atom stereocenters. The monoisotopic (exact) mass is 283 g/mol. The van der Waals surface area contributed by atoms with Crippen LogP contribution in [0.4, 0.5) is 10.1 Å². The molecule has 3 aromatic rings. The lowest BCUT2D eigenvalue weighted by atomic mass is 10.1. The van der Waals surface area contributed by atoms with E-state index in [4.69, 9.17) is 5.73 Å². The van der Waals surface area contributed by atoms with Crippen molar-refractivity contribution < 1.29 is 4.39 Å². The van der Waals surface area contributed by atoms with Crippen LogP contribution in [0.15, 0.2) is 36.4 Å². The maximum absolute atomic E-state index is 13.4. The Morgan fingerprint density at radius 3 is 2.57 bits per heavy atom. The number of aromatic nitrogens is 4. The van der Waals surface area contributed by atoms with Gasteiger partial charge in [-0.15, -0.1) is 5.10 Å². The molecular weight excluding hydrogens is 269 g/mol. The molecule has 106 valence electrons. The van der Waals surface area contributed by atoms with Crippen molar-refractivity contribution >= 4 is 5.69 Å².